The third-order valence-corrected chi connectivity index (χ3v) is 2.49. The van der Waals surface area contributed by atoms with Crippen molar-refractivity contribution in [1.82, 2.24) is 0 Å². The molecule has 2 heteroatoms. The zero-order valence-electron chi connectivity index (χ0n) is 8.76. The van der Waals surface area contributed by atoms with Gasteiger partial charge in [-0.05, 0) is 32.4 Å². The minimum Gasteiger partial charge on any atom is -0.506 e. The fraction of sp³-hybridized carbons (Fsp3) is 0.333. The molecule has 0 bridgehead atoms. The third-order valence-electron chi connectivity index (χ3n) is 2.49. The van der Waals surface area contributed by atoms with Crippen LogP contribution in [0.1, 0.15) is 26.3 Å². The maximum absolute atomic E-state index is 9.72. The first-order valence-corrected chi connectivity index (χ1v) is 4.79. The number of para-hydroxylation sites is 1. The Balaban J connectivity index is 2.62. The van der Waals surface area contributed by atoms with Crippen molar-refractivity contribution in [3.05, 3.63) is 29.8 Å². The Labute approximate surface area is 84.3 Å². The van der Waals surface area contributed by atoms with Gasteiger partial charge in [0.1, 0.15) is 5.75 Å². The summed E-state index contributed by atoms with van der Waals surface area (Å²) in [5.41, 5.74) is 3.05. The molecule has 0 fully saturated rings. The maximum atomic E-state index is 9.72. The van der Waals surface area contributed by atoms with Crippen LogP contribution in [0.3, 0.4) is 0 Å². The van der Waals surface area contributed by atoms with Crippen LogP contribution in [-0.4, -0.2) is 10.6 Å². The zero-order chi connectivity index (χ0) is 10.3. The summed E-state index contributed by atoms with van der Waals surface area (Å²) in [5.74, 6) is 0.322. The van der Waals surface area contributed by atoms with Gasteiger partial charge < -0.3 is 10.4 Å². The molecule has 1 aliphatic rings. The lowest BCUT2D eigenvalue weighted by molar-refractivity contribution is 0.475. The minimum absolute atomic E-state index is 0.0874. The van der Waals surface area contributed by atoms with Gasteiger partial charge in [0.15, 0.2) is 0 Å². The predicted octanol–water partition coefficient (Wildman–Crippen LogP) is 3.00. The number of hydrogen-bond acceptors (Lipinski definition) is 2. The van der Waals surface area contributed by atoms with Crippen LogP contribution in [0.2, 0.25) is 0 Å². The quantitative estimate of drug-likeness (QED) is 0.615. The van der Waals surface area contributed by atoms with Gasteiger partial charge in [-0.15, -0.1) is 0 Å². The molecule has 0 saturated carbocycles. The van der Waals surface area contributed by atoms with Crippen LogP contribution >= 0.6 is 0 Å². The van der Waals surface area contributed by atoms with E-state index in [1.807, 2.05) is 12.1 Å². The number of anilines is 1. The lowest BCUT2D eigenvalue weighted by Gasteiger charge is -2.31. The van der Waals surface area contributed by atoms with Gasteiger partial charge in [-0.1, -0.05) is 18.2 Å². The molecule has 0 spiro atoms. The van der Waals surface area contributed by atoms with E-state index in [1.165, 1.54) is 5.57 Å². The van der Waals surface area contributed by atoms with E-state index < -0.39 is 0 Å². The normalized spacial score (nSPS) is 18.1. The van der Waals surface area contributed by atoms with Crippen molar-refractivity contribution in [2.45, 2.75) is 26.3 Å². The highest BCUT2D eigenvalue weighted by atomic mass is 16.3. The standard InChI is InChI=1S/C12H15NO/c1-8-7-12(2,3)13-11-9(8)5-4-6-10(11)14/h4-7,13-14H,1-3H3. The number of benzene rings is 1. The van der Waals surface area contributed by atoms with Gasteiger partial charge in [0.2, 0.25) is 0 Å². The number of aromatic hydroxyl groups is 1. The van der Waals surface area contributed by atoms with E-state index in [-0.39, 0.29) is 5.54 Å². The number of phenols is 1. The molecule has 0 saturated heterocycles. The van der Waals surface area contributed by atoms with Crippen LogP contribution in [0, 0.1) is 0 Å². The van der Waals surface area contributed by atoms with Gasteiger partial charge in [0, 0.05) is 5.56 Å². The van der Waals surface area contributed by atoms with E-state index in [1.54, 1.807) is 6.07 Å². The van der Waals surface area contributed by atoms with Gasteiger partial charge in [0.25, 0.3) is 0 Å². The number of nitrogens with one attached hydrogen (secondary N) is 1. The van der Waals surface area contributed by atoms with Crippen molar-refractivity contribution in [3.8, 4) is 5.75 Å². The second-order valence-corrected chi connectivity index (χ2v) is 4.37. The molecule has 0 atom stereocenters. The second-order valence-electron chi connectivity index (χ2n) is 4.37. The fourth-order valence-electron chi connectivity index (χ4n) is 1.98. The largest absolute Gasteiger partial charge is 0.506 e. The Kier molecular flexibility index (Phi) is 1.81. The smallest absolute Gasteiger partial charge is 0.139 e. The fourth-order valence-corrected chi connectivity index (χ4v) is 1.98. The predicted molar refractivity (Wildman–Crippen MR) is 59.5 cm³/mol. The molecule has 0 radical (unpaired) electrons. The molecule has 2 rings (SSSR count). The maximum Gasteiger partial charge on any atom is 0.139 e. The molecule has 0 amide bonds. The molecule has 1 aliphatic heterocycles. The van der Waals surface area contributed by atoms with Gasteiger partial charge in [-0.3, -0.25) is 0 Å². The number of allylic oxidation sites excluding steroid dienone is 1. The first-order chi connectivity index (χ1) is 6.49. The molecule has 1 aromatic carbocycles. The molecule has 0 aromatic heterocycles. The summed E-state index contributed by atoms with van der Waals surface area (Å²) in [6.45, 7) is 6.25. The van der Waals surface area contributed by atoms with Crippen LogP contribution in [-0.2, 0) is 0 Å². The zero-order valence-corrected chi connectivity index (χ0v) is 8.76. The molecule has 2 N–H and O–H groups in total. The number of rotatable bonds is 0. The summed E-state index contributed by atoms with van der Waals surface area (Å²) in [6.07, 6.45) is 2.18. The minimum atomic E-state index is -0.0874. The second kappa shape index (κ2) is 2.77. The lowest BCUT2D eigenvalue weighted by atomic mass is 9.91. The summed E-state index contributed by atoms with van der Waals surface area (Å²) in [4.78, 5) is 0. The van der Waals surface area contributed by atoms with Crippen LogP contribution in [0.25, 0.3) is 5.57 Å². The van der Waals surface area contributed by atoms with Gasteiger partial charge >= 0.3 is 0 Å². The Bertz CT molecular complexity index is 405. The Morgan fingerprint density at radius 3 is 2.71 bits per heavy atom. The van der Waals surface area contributed by atoms with Crippen LogP contribution in [0.5, 0.6) is 5.75 Å². The summed E-state index contributed by atoms with van der Waals surface area (Å²) in [7, 11) is 0. The highest BCUT2D eigenvalue weighted by Gasteiger charge is 2.23. The molecule has 1 heterocycles. The highest BCUT2D eigenvalue weighted by molar-refractivity contribution is 5.83. The first-order valence-electron chi connectivity index (χ1n) is 4.79. The molecular weight excluding hydrogens is 174 g/mol. The number of phenolic OH excluding ortho intramolecular Hbond substituents is 1. The van der Waals surface area contributed by atoms with E-state index >= 15 is 0 Å². The van der Waals surface area contributed by atoms with Crippen LogP contribution < -0.4 is 5.32 Å². The van der Waals surface area contributed by atoms with Crippen molar-refractivity contribution < 1.29 is 5.11 Å². The highest BCUT2D eigenvalue weighted by Crippen LogP contribution is 2.38. The molecular formula is C12H15NO. The van der Waals surface area contributed by atoms with E-state index in [0.717, 1.165) is 11.3 Å². The van der Waals surface area contributed by atoms with E-state index in [9.17, 15) is 5.11 Å². The number of hydrogen-bond donors (Lipinski definition) is 2. The summed E-state index contributed by atoms with van der Waals surface area (Å²) in [6, 6.07) is 5.59. The average Bonchev–Trinajstić information content (AvgIpc) is 2.05. The Morgan fingerprint density at radius 2 is 2.00 bits per heavy atom. The average molecular weight is 189 g/mol. The van der Waals surface area contributed by atoms with Crippen molar-refractivity contribution in [2.24, 2.45) is 0 Å². The van der Waals surface area contributed by atoms with E-state index in [4.69, 9.17) is 0 Å². The third kappa shape index (κ3) is 1.37. The van der Waals surface area contributed by atoms with Crippen molar-refractivity contribution >= 4 is 11.3 Å². The molecule has 2 nitrogen and oxygen atoms in total. The molecule has 0 unspecified atom stereocenters. The van der Waals surface area contributed by atoms with Crippen LogP contribution in [0.15, 0.2) is 24.3 Å². The lowest BCUT2D eigenvalue weighted by Crippen LogP contribution is -2.31. The molecule has 1 aromatic rings. The Morgan fingerprint density at radius 1 is 1.29 bits per heavy atom. The first kappa shape index (κ1) is 9.13. The van der Waals surface area contributed by atoms with Gasteiger partial charge in [0.05, 0.1) is 11.2 Å². The van der Waals surface area contributed by atoms with Gasteiger partial charge in [-0.25, -0.2) is 0 Å². The molecule has 0 aliphatic carbocycles. The summed E-state index contributed by atoms with van der Waals surface area (Å²) >= 11 is 0. The topological polar surface area (TPSA) is 32.3 Å². The van der Waals surface area contributed by atoms with Crippen LogP contribution in [0.4, 0.5) is 5.69 Å². The molecule has 74 valence electrons. The van der Waals surface area contributed by atoms with Crippen molar-refractivity contribution in [3.63, 3.8) is 0 Å². The number of fused-ring (bicyclic) bond motifs is 1. The monoisotopic (exact) mass is 189 g/mol. The van der Waals surface area contributed by atoms with Crippen molar-refractivity contribution in [1.29, 1.82) is 0 Å². The van der Waals surface area contributed by atoms with E-state index in [0.29, 0.717) is 5.75 Å². The Hall–Kier alpha value is -1.44. The summed E-state index contributed by atoms with van der Waals surface area (Å²) < 4.78 is 0. The van der Waals surface area contributed by atoms with Crippen molar-refractivity contribution in [2.75, 3.05) is 5.32 Å². The van der Waals surface area contributed by atoms with E-state index in [2.05, 4.69) is 32.2 Å². The molecule has 14 heavy (non-hydrogen) atoms. The summed E-state index contributed by atoms with van der Waals surface area (Å²) in [5, 5.41) is 13.0. The van der Waals surface area contributed by atoms with Gasteiger partial charge in [-0.2, -0.15) is 0 Å². The SMILES string of the molecule is CC1=CC(C)(C)Nc2c(O)cccc21.